The number of carbonyl (C=O) groups is 2. The van der Waals surface area contributed by atoms with Gasteiger partial charge in [-0.05, 0) is 74.8 Å². The van der Waals surface area contributed by atoms with Gasteiger partial charge in [-0.3, -0.25) is 9.59 Å². The molecule has 0 radical (unpaired) electrons. The third kappa shape index (κ3) is 2.96. The van der Waals surface area contributed by atoms with Gasteiger partial charge in [0.15, 0.2) is 0 Å². The maximum atomic E-state index is 12.8. The van der Waals surface area contributed by atoms with Crippen LogP contribution in [0.4, 0.5) is 0 Å². The molecule has 1 aromatic carbocycles. The van der Waals surface area contributed by atoms with Gasteiger partial charge >= 0.3 is 5.97 Å². The van der Waals surface area contributed by atoms with E-state index in [1.54, 1.807) is 0 Å². The summed E-state index contributed by atoms with van der Waals surface area (Å²) in [6, 6.07) is 8.51. The highest BCUT2D eigenvalue weighted by molar-refractivity contribution is 5.79. The number of hydrogen-bond donors (Lipinski definition) is 2. The molecule has 0 heterocycles. The van der Waals surface area contributed by atoms with Gasteiger partial charge in [0.1, 0.15) is 0 Å². The Bertz CT molecular complexity index is 672. The first-order chi connectivity index (χ1) is 12.0. The van der Waals surface area contributed by atoms with Crippen molar-refractivity contribution in [1.82, 2.24) is 5.32 Å². The summed E-state index contributed by atoms with van der Waals surface area (Å²) < 4.78 is 0. The molecule has 134 valence electrons. The van der Waals surface area contributed by atoms with Crippen LogP contribution in [0.25, 0.3) is 0 Å². The lowest BCUT2D eigenvalue weighted by Gasteiger charge is -2.51. The van der Waals surface area contributed by atoms with Gasteiger partial charge in [0.05, 0.1) is 5.41 Å². The summed E-state index contributed by atoms with van der Waals surface area (Å²) in [5.41, 5.74) is 2.07. The van der Waals surface area contributed by atoms with Crippen LogP contribution < -0.4 is 5.32 Å². The smallest absolute Gasteiger partial charge is 0.309 e. The van der Waals surface area contributed by atoms with Gasteiger partial charge < -0.3 is 10.4 Å². The molecule has 3 saturated carbocycles. The summed E-state index contributed by atoms with van der Waals surface area (Å²) in [6.45, 7) is 0. The standard InChI is InChI=1S/C21H27NO3/c23-18(14-16-6-3-5-15-4-1-2-7-17(15)16)22-21-11-8-20(9-12-21,10-13-21)19(24)25/h1-2,4,7,16H,3,5-6,8-14H2,(H,22,23)(H,24,25). The summed E-state index contributed by atoms with van der Waals surface area (Å²) >= 11 is 0. The van der Waals surface area contributed by atoms with Crippen molar-refractivity contribution < 1.29 is 14.7 Å². The van der Waals surface area contributed by atoms with Crippen LogP contribution in [0.3, 0.4) is 0 Å². The molecule has 4 nitrogen and oxygen atoms in total. The van der Waals surface area contributed by atoms with Gasteiger partial charge in [0.2, 0.25) is 5.91 Å². The SMILES string of the molecule is O=C(CC1CCCc2ccccc21)NC12CCC(C(=O)O)(CC1)CC2. The highest BCUT2D eigenvalue weighted by Crippen LogP contribution is 2.52. The fraction of sp³-hybridized carbons (Fsp3) is 0.619. The van der Waals surface area contributed by atoms with E-state index in [0.29, 0.717) is 31.6 Å². The summed E-state index contributed by atoms with van der Waals surface area (Å²) in [5, 5.41) is 12.8. The third-order valence-corrected chi connectivity index (χ3v) is 7.03. The summed E-state index contributed by atoms with van der Waals surface area (Å²) in [4.78, 5) is 24.3. The summed E-state index contributed by atoms with van der Waals surface area (Å²) in [7, 11) is 0. The van der Waals surface area contributed by atoms with Crippen molar-refractivity contribution in [3.63, 3.8) is 0 Å². The minimum absolute atomic E-state index is 0.145. The van der Waals surface area contributed by atoms with Gasteiger partial charge in [-0.2, -0.15) is 0 Å². The molecule has 1 amide bonds. The highest BCUT2D eigenvalue weighted by Gasteiger charge is 2.53. The van der Waals surface area contributed by atoms with Crippen LogP contribution in [-0.2, 0) is 16.0 Å². The molecular formula is C21H27NO3. The number of aryl methyl sites for hydroxylation is 1. The molecule has 4 aliphatic rings. The Morgan fingerprint density at radius 1 is 1.08 bits per heavy atom. The third-order valence-electron chi connectivity index (χ3n) is 7.03. The second kappa shape index (κ2) is 6.15. The summed E-state index contributed by atoms with van der Waals surface area (Å²) in [5.74, 6) is -0.177. The van der Waals surface area contributed by atoms with E-state index in [1.807, 2.05) is 0 Å². The Morgan fingerprint density at radius 2 is 1.76 bits per heavy atom. The van der Waals surface area contributed by atoms with Crippen LogP contribution in [0.15, 0.2) is 24.3 Å². The molecule has 1 unspecified atom stereocenters. The molecule has 0 spiro atoms. The Morgan fingerprint density at radius 3 is 2.44 bits per heavy atom. The minimum atomic E-state index is -0.647. The number of carbonyl (C=O) groups excluding carboxylic acids is 1. The first-order valence-electron chi connectivity index (χ1n) is 9.64. The largest absolute Gasteiger partial charge is 0.481 e. The normalized spacial score (nSPS) is 33.5. The van der Waals surface area contributed by atoms with Crippen LogP contribution in [0, 0.1) is 5.41 Å². The average Bonchev–Trinajstić information content (AvgIpc) is 2.63. The molecule has 3 fully saturated rings. The van der Waals surface area contributed by atoms with Crippen molar-refractivity contribution in [3.05, 3.63) is 35.4 Å². The van der Waals surface area contributed by atoms with E-state index >= 15 is 0 Å². The number of benzene rings is 1. The summed E-state index contributed by atoms with van der Waals surface area (Å²) in [6.07, 6.45) is 8.46. The predicted molar refractivity (Wildman–Crippen MR) is 95.4 cm³/mol. The molecule has 1 atom stereocenters. The minimum Gasteiger partial charge on any atom is -0.481 e. The Hall–Kier alpha value is -1.84. The van der Waals surface area contributed by atoms with Gasteiger partial charge in [-0.15, -0.1) is 0 Å². The van der Waals surface area contributed by atoms with E-state index in [-0.39, 0.29) is 11.4 Å². The Labute approximate surface area is 149 Å². The molecule has 25 heavy (non-hydrogen) atoms. The molecule has 0 aliphatic heterocycles. The molecule has 5 rings (SSSR count). The number of aliphatic carboxylic acids is 1. The Kier molecular flexibility index (Phi) is 4.09. The maximum Gasteiger partial charge on any atom is 0.309 e. The number of rotatable bonds is 4. The van der Waals surface area contributed by atoms with E-state index in [0.717, 1.165) is 38.5 Å². The number of carboxylic acid groups (broad SMARTS) is 1. The van der Waals surface area contributed by atoms with Crippen LogP contribution >= 0.6 is 0 Å². The van der Waals surface area contributed by atoms with Crippen LogP contribution in [0.2, 0.25) is 0 Å². The lowest BCUT2D eigenvalue weighted by Crippen LogP contribution is -2.58. The molecule has 0 aromatic heterocycles. The number of amides is 1. The molecule has 2 bridgehead atoms. The Balaban J connectivity index is 1.40. The molecule has 1 aromatic rings. The zero-order valence-electron chi connectivity index (χ0n) is 14.7. The zero-order valence-corrected chi connectivity index (χ0v) is 14.7. The maximum absolute atomic E-state index is 12.8. The van der Waals surface area contributed by atoms with Crippen LogP contribution in [0.5, 0.6) is 0 Å². The second-order valence-electron chi connectivity index (χ2n) is 8.41. The van der Waals surface area contributed by atoms with Gasteiger partial charge in [-0.25, -0.2) is 0 Å². The van der Waals surface area contributed by atoms with Crippen molar-refractivity contribution in [3.8, 4) is 0 Å². The second-order valence-corrected chi connectivity index (χ2v) is 8.41. The molecule has 4 aliphatic carbocycles. The molecule has 2 N–H and O–H groups in total. The van der Waals surface area contributed by atoms with E-state index in [9.17, 15) is 14.7 Å². The number of carboxylic acids is 1. The van der Waals surface area contributed by atoms with Gasteiger partial charge in [-0.1, -0.05) is 24.3 Å². The highest BCUT2D eigenvalue weighted by atomic mass is 16.4. The quantitative estimate of drug-likeness (QED) is 0.875. The number of hydrogen-bond acceptors (Lipinski definition) is 2. The van der Waals surface area contributed by atoms with E-state index in [2.05, 4.69) is 29.6 Å². The topological polar surface area (TPSA) is 66.4 Å². The van der Waals surface area contributed by atoms with E-state index < -0.39 is 11.4 Å². The monoisotopic (exact) mass is 341 g/mol. The first kappa shape index (κ1) is 16.6. The van der Waals surface area contributed by atoms with Crippen LogP contribution in [0.1, 0.15) is 74.8 Å². The number of fused-ring (bicyclic) bond motifs is 4. The zero-order chi connectivity index (χ0) is 17.5. The van der Waals surface area contributed by atoms with Crippen molar-refractivity contribution in [1.29, 1.82) is 0 Å². The van der Waals surface area contributed by atoms with Gasteiger partial charge in [0.25, 0.3) is 0 Å². The number of nitrogens with one attached hydrogen (secondary N) is 1. The lowest BCUT2D eigenvalue weighted by atomic mass is 9.57. The lowest BCUT2D eigenvalue weighted by molar-refractivity contribution is -0.157. The average molecular weight is 341 g/mol. The van der Waals surface area contributed by atoms with Crippen molar-refractivity contribution in [2.45, 2.75) is 75.7 Å². The molecule has 0 saturated heterocycles. The molecular weight excluding hydrogens is 314 g/mol. The fourth-order valence-corrected chi connectivity index (χ4v) is 5.33. The predicted octanol–water partition coefficient (Wildman–Crippen LogP) is 3.79. The van der Waals surface area contributed by atoms with Crippen molar-refractivity contribution in [2.24, 2.45) is 5.41 Å². The fourth-order valence-electron chi connectivity index (χ4n) is 5.33. The van der Waals surface area contributed by atoms with Crippen LogP contribution in [-0.4, -0.2) is 22.5 Å². The van der Waals surface area contributed by atoms with Crippen molar-refractivity contribution in [2.75, 3.05) is 0 Å². The van der Waals surface area contributed by atoms with E-state index in [4.69, 9.17) is 0 Å². The first-order valence-corrected chi connectivity index (χ1v) is 9.64. The van der Waals surface area contributed by atoms with Gasteiger partial charge in [0, 0.05) is 12.0 Å². The molecule has 4 heteroatoms. The van der Waals surface area contributed by atoms with Crippen molar-refractivity contribution >= 4 is 11.9 Å². The van der Waals surface area contributed by atoms with E-state index in [1.165, 1.54) is 11.1 Å².